The summed E-state index contributed by atoms with van der Waals surface area (Å²) in [5, 5.41) is 0. The maximum atomic E-state index is 9.30. The molecule has 0 aromatic carbocycles. The molecule has 2 N–H and O–H groups in total. The number of hydrogen-bond donors (Lipinski definition) is 1. The van der Waals surface area contributed by atoms with Gasteiger partial charge in [0.25, 0.3) is 0 Å². The normalized spacial score (nSPS) is 6.25. The molecule has 24 valence electrons. The monoisotopic (exact) mass is 255 g/mol. The zero-order valence-electron chi connectivity index (χ0n) is 2.06. The van der Waals surface area contributed by atoms with Crippen molar-refractivity contribution in [1.29, 1.82) is 0 Å². The van der Waals surface area contributed by atoms with Crippen LogP contribution in [0.3, 0.4) is 0 Å². The molecule has 2 nitrogen and oxygen atoms in total. The van der Waals surface area contributed by atoms with E-state index in [0.29, 0.717) is 24.7 Å². The molecule has 0 radical (unpaired) electrons. The molecule has 0 spiro atoms. The molecule has 0 atom stereocenters. The molecule has 0 saturated carbocycles. The predicted molar refractivity (Wildman–Crippen MR) is 18.1 cm³/mol. The summed E-state index contributed by atoms with van der Waals surface area (Å²) in [5.74, 6) is 0. The summed E-state index contributed by atoms with van der Waals surface area (Å²) >= 11 is 0.324. The van der Waals surface area contributed by atoms with Crippen LogP contribution in [0.25, 0.3) is 0 Å². The third kappa shape index (κ3) is 34.6. The number of hydrogen-bond acceptors (Lipinski definition) is 1. The molecular weight excluding hydrogens is 251 g/mol. The van der Waals surface area contributed by atoms with Gasteiger partial charge in [-0.05, 0) is 0 Å². The predicted octanol–water partition coefficient (Wildman–Crippen LogP) is -1.30. The molecule has 0 fully saturated rings. The second-order valence-corrected chi connectivity index (χ2v) is 2.61. The molecule has 0 aromatic heterocycles. The van der Waals surface area contributed by atoms with E-state index < -0.39 is 0 Å². The van der Waals surface area contributed by atoms with Gasteiger partial charge in [-0.3, -0.25) is 0 Å². The van der Waals surface area contributed by atoms with Crippen LogP contribution in [-0.4, -0.2) is 28.3 Å². The fraction of sp³-hybridized carbons (Fsp3) is 0. The average molecular weight is 255 g/mol. The Morgan fingerprint density at radius 3 is 2.00 bits per heavy atom. The van der Waals surface area contributed by atoms with E-state index in [0.717, 1.165) is 0 Å². The molecule has 0 rings (SSSR count). The van der Waals surface area contributed by atoms with Gasteiger partial charge >= 0.3 is 38.9 Å². The molecule has 0 aliphatic carbocycles. The van der Waals surface area contributed by atoms with Crippen LogP contribution in [-0.2, 0) is 0 Å². The van der Waals surface area contributed by atoms with Crippen molar-refractivity contribution in [2.24, 2.45) is 5.73 Å². The minimum atomic E-state index is -0.167. The van der Waals surface area contributed by atoms with E-state index in [1.165, 1.54) is 0 Å². The van der Waals surface area contributed by atoms with Crippen molar-refractivity contribution in [3.05, 3.63) is 0 Å². The van der Waals surface area contributed by atoms with Crippen molar-refractivity contribution in [3.8, 4) is 0 Å². The number of primary amides is 1. The first-order valence-corrected chi connectivity index (χ1v) is 3.03. The first kappa shape index (κ1) is 4.35. The Morgan fingerprint density at radius 1 is 2.00 bits per heavy atom. The van der Waals surface area contributed by atoms with Crippen LogP contribution in [0, 0.1) is 0 Å². The molecule has 0 aliphatic rings. The Labute approximate surface area is 39.2 Å². The Morgan fingerprint density at radius 2 is 2.00 bits per heavy atom. The van der Waals surface area contributed by atoms with Crippen molar-refractivity contribution < 1.29 is 4.79 Å². The van der Waals surface area contributed by atoms with Crippen molar-refractivity contribution in [2.45, 2.75) is 0 Å². The molecule has 0 unspecified atom stereocenters. The van der Waals surface area contributed by atoms with Gasteiger partial charge < -0.3 is 0 Å². The zero-order valence-corrected chi connectivity index (χ0v) is 6.55. The van der Waals surface area contributed by atoms with Gasteiger partial charge in [0, 0.05) is 0 Å². The maximum absolute atomic E-state index is 9.30. The van der Waals surface area contributed by atoms with Gasteiger partial charge in [0.2, 0.25) is 0 Å². The molecule has 0 bridgehead atoms. The van der Waals surface area contributed by atoms with Crippen LogP contribution in [0.4, 0.5) is 4.79 Å². The minimum absolute atomic E-state index is 0.167. The van der Waals surface area contributed by atoms with Gasteiger partial charge in [0.1, 0.15) is 0 Å². The SMILES string of the molecule is N[C](=O)[BiH2]. The topological polar surface area (TPSA) is 43.1 Å². The third-order valence-electron chi connectivity index (χ3n) is 0. The number of amides is 1. The summed E-state index contributed by atoms with van der Waals surface area (Å²) in [6.07, 6.45) is 0. The van der Waals surface area contributed by atoms with Crippen molar-refractivity contribution in [1.82, 2.24) is 0 Å². The van der Waals surface area contributed by atoms with E-state index >= 15 is 0 Å². The number of carbonyl (C=O) groups excluding carboxylic acids is 1. The third-order valence-corrected chi connectivity index (χ3v) is 0. The van der Waals surface area contributed by atoms with Crippen LogP contribution in [0.15, 0.2) is 0 Å². The van der Waals surface area contributed by atoms with Gasteiger partial charge in [-0.2, -0.15) is 0 Å². The molecule has 0 heterocycles. The Kier molecular flexibility index (Phi) is 1.80. The van der Waals surface area contributed by atoms with Crippen molar-refractivity contribution >= 4 is 28.3 Å². The molecule has 0 aromatic rings. The van der Waals surface area contributed by atoms with E-state index in [2.05, 4.69) is 5.73 Å². The van der Waals surface area contributed by atoms with Crippen molar-refractivity contribution in [3.63, 3.8) is 0 Å². The van der Waals surface area contributed by atoms with E-state index in [-0.39, 0.29) is 3.62 Å². The van der Waals surface area contributed by atoms with Gasteiger partial charge in [0.15, 0.2) is 0 Å². The number of carbonyl (C=O) groups is 1. The van der Waals surface area contributed by atoms with Gasteiger partial charge in [-0.15, -0.1) is 0 Å². The van der Waals surface area contributed by atoms with E-state index in [9.17, 15) is 4.79 Å². The standard InChI is InChI=1S/CH2NO.Bi.2H/c2-1-3;;;/h(H2,2,3);;;. The summed E-state index contributed by atoms with van der Waals surface area (Å²) in [6, 6.07) is 0. The summed E-state index contributed by atoms with van der Waals surface area (Å²) in [4.78, 5) is 9.30. The van der Waals surface area contributed by atoms with E-state index in [4.69, 9.17) is 0 Å². The van der Waals surface area contributed by atoms with Crippen LogP contribution in [0.2, 0.25) is 0 Å². The number of nitrogens with two attached hydrogens (primary N) is 1. The first-order chi connectivity index (χ1) is 1.73. The van der Waals surface area contributed by atoms with Crippen LogP contribution < -0.4 is 5.73 Å². The zero-order chi connectivity index (χ0) is 3.58. The number of rotatable bonds is 0. The van der Waals surface area contributed by atoms with E-state index in [1.807, 2.05) is 0 Å². The summed E-state index contributed by atoms with van der Waals surface area (Å²) < 4.78 is -0.167. The Balaban J connectivity index is 2.80. The second-order valence-electron chi connectivity index (χ2n) is 0.402. The van der Waals surface area contributed by atoms with Gasteiger partial charge in [-0.25, -0.2) is 0 Å². The first-order valence-electron chi connectivity index (χ1n) is 0.781. The molecular formula is CH4BiNO. The van der Waals surface area contributed by atoms with Crippen molar-refractivity contribution in [2.75, 3.05) is 0 Å². The molecule has 1 amide bonds. The van der Waals surface area contributed by atoms with Crippen LogP contribution in [0.1, 0.15) is 0 Å². The molecule has 4 heavy (non-hydrogen) atoms. The van der Waals surface area contributed by atoms with E-state index in [1.54, 1.807) is 0 Å². The Bertz CT molecular complexity index is 31.0. The van der Waals surface area contributed by atoms with Gasteiger partial charge in [-0.1, -0.05) is 0 Å². The van der Waals surface area contributed by atoms with Crippen LogP contribution >= 0.6 is 0 Å². The summed E-state index contributed by atoms with van der Waals surface area (Å²) in [7, 11) is 0. The summed E-state index contributed by atoms with van der Waals surface area (Å²) in [5.41, 5.74) is 4.55. The fourth-order valence-corrected chi connectivity index (χ4v) is 0. The fourth-order valence-electron chi connectivity index (χ4n) is 0. The molecule has 0 aliphatic heterocycles. The van der Waals surface area contributed by atoms with Crippen LogP contribution in [0.5, 0.6) is 0 Å². The molecule has 0 saturated heterocycles. The molecule has 3 heteroatoms. The Hall–Kier alpha value is 0.353. The quantitative estimate of drug-likeness (QED) is 0.537. The summed E-state index contributed by atoms with van der Waals surface area (Å²) in [6.45, 7) is 0. The second kappa shape index (κ2) is 1.65. The van der Waals surface area contributed by atoms with Gasteiger partial charge in [0.05, 0.1) is 0 Å². The average Bonchev–Trinajstić information content (AvgIpc) is 0.811.